The van der Waals surface area contributed by atoms with Crippen molar-refractivity contribution in [3.05, 3.63) is 45.7 Å². The summed E-state index contributed by atoms with van der Waals surface area (Å²) < 4.78 is 0. The molecule has 0 bridgehead atoms. The Morgan fingerprint density at radius 2 is 2.21 bits per heavy atom. The van der Waals surface area contributed by atoms with Gasteiger partial charge in [-0.25, -0.2) is 14.8 Å². The van der Waals surface area contributed by atoms with Gasteiger partial charge in [-0.3, -0.25) is 4.79 Å². The molecule has 6 heteroatoms. The molecular weight excluding hydrogens is 264 g/mol. The Balaban J connectivity index is 2.45. The Labute approximate surface area is 114 Å². The molecule has 0 aliphatic carbocycles. The highest BCUT2D eigenvalue weighted by Gasteiger charge is 2.21. The highest BCUT2D eigenvalue weighted by Crippen LogP contribution is 2.17. The minimum absolute atomic E-state index is 0.0369. The number of carboxylic acids is 1. The van der Waals surface area contributed by atoms with Crippen LogP contribution in [0.4, 0.5) is 0 Å². The smallest absolute Gasteiger partial charge is 0.355 e. The van der Waals surface area contributed by atoms with Crippen LogP contribution >= 0.6 is 11.3 Å². The van der Waals surface area contributed by atoms with Crippen molar-refractivity contribution in [3.8, 4) is 0 Å². The average molecular weight is 276 g/mol. The molecule has 1 N–H and O–H groups in total. The maximum Gasteiger partial charge on any atom is 0.355 e. The van der Waals surface area contributed by atoms with Gasteiger partial charge in [-0.05, 0) is 17.9 Å². The fourth-order valence-electron chi connectivity index (χ4n) is 1.63. The number of hydrogen-bond donors (Lipinski definition) is 1. The molecule has 0 saturated carbocycles. The van der Waals surface area contributed by atoms with Crippen molar-refractivity contribution < 1.29 is 14.7 Å². The van der Waals surface area contributed by atoms with Gasteiger partial charge in [-0.1, -0.05) is 13.0 Å². The zero-order chi connectivity index (χ0) is 13.8. The number of thiophene rings is 1. The van der Waals surface area contributed by atoms with E-state index in [2.05, 4.69) is 9.97 Å². The summed E-state index contributed by atoms with van der Waals surface area (Å²) in [5, 5.41) is 10.9. The number of carboxylic acid groups (broad SMARTS) is 1. The molecule has 2 aromatic rings. The minimum atomic E-state index is -1.21. The van der Waals surface area contributed by atoms with Crippen molar-refractivity contribution in [2.24, 2.45) is 0 Å². The molecule has 0 amide bonds. The Hall–Kier alpha value is -2.08. The summed E-state index contributed by atoms with van der Waals surface area (Å²) in [5.41, 5.74) is -0.188. The molecule has 0 unspecified atom stereocenters. The summed E-state index contributed by atoms with van der Waals surface area (Å²) in [5.74, 6) is -1.11. The van der Waals surface area contributed by atoms with Gasteiger partial charge < -0.3 is 5.11 Å². The SMILES string of the molecule is CCCc1ncc(C(=O)c2cccs2)c(C(=O)O)n1. The van der Waals surface area contributed by atoms with Gasteiger partial charge in [0.05, 0.1) is 10.4 Å². The van der Waals surface area contributed by atoms with Gasteiger partial charge in [0.2, 0.25) is 5.78 Å². The van der Waals surface area contributed by atoms with Gasteiger partial charge in [-0.15, -0.1) is 11.3 Å². The molecule has 5 nitrogen and oxygen atoms in total. The largest absolute Gasteiger partial charge is 0.476 e. The summed E-state index contributed by atoms with van der Waals surface area (Å²) in [6.45, 7) is 1.95. The molecule has 2 heterocycles. The van der Waals surface area contributed by atoms with Gasteiger partial charge >= 0.3 is 5.97 Å². The summed E-state index contributed by atoms with van der Waals surface area (Å²) in [6.07, 6.45) is 2.72. The zero-order valence-electron chi connectivity index (χ0n) is 10.3. The van der Waals surface area contributed by atoms with Crippen LogP contribution in [0.2, 0.25) is 0 Å². The van der Waals surface area contributed by atoms with Crippen molar-refractivity contribution in [1.82, 2.24) is 9.97 Å². The summed E-state index contributed by atoms with van der Waals surface area (Å²) in [6, 6.07) is 3.39. The van der Waals surface area contributed by atoms with Gasteiger partial charge in [-0.2, -0.15) is 0 Å². The first kappa shape index (κ1) is 13.4. The second kappa shape index (κ2) is 5.71. The molecule has 0 aliphatic heterocycles. The van der Waals surface area contributed by atoms with E-state index in [-0.39, 0.29) is 17.0 Å². The third kappa shape index (κ3) is 2.85. The van der Waals surface area contributed by atoms with E-state index in [4.69, 9.17) is 5.11 Å². The lowest BCUT2D eigenvalue weighted by atomic mass is 10.1. The first-order valence-corrected chi connectivity index (χ1v) is 6.69. The van der Waals surface area contributed by atoms with Crippen molar-refractivity contribution >= 4 is 23.1 Å². The predicted octanol–water partition coefficient (Wildman–Crippen LogP) is 2.42. The second-order valence-electron chi connectivity index (χ2n) is 3.91. The van der Waals surface area contributed by atoms with Crippen LogP contribution in [-0.2, 0) is 6.42 Å². The van der Waals surface area contributed by atoms with E-state index in [0.717, 1.165) is 6.42 Å². The van der Waals surface area contributed by atoms with Crippen LogP contribution in [0.15, 0.2) is 23.7 Å². The molecule has 2 aromatic heterocycles. The lowest BCUT2D eigenvalue weighted by molar-refractivity contribution is 0.0685. The zero-order valence-corrected chi connectivity index (χ0v) is 11.1. The number of aromatic nitrogens is 2. The number of carbonyl (C=O) groups is 2. The Morgan fingerprint density at radius 1 is 1.42 bits per heavy atom. The molecule has 0 saturated heterocycles. The Kier molecular flexibility index (Phi) is 4.01. The van der Waals surface area contributed by atoms with E-state index in [1.807, 2.05) is 6.92 Å². The van der Waals surface area contributed by atoms with E-state index < -0.39 is 5.97 Å². The first-order chi connectivity index (χ1) is 9.13. The Morgan fingerprint density at radius 3 is 2.79 bits per heavy atom. The number of nitrogens with zero attached hydrogens (tertiary/aromatic N) is 2. The molecule has 98 valence electrons. The number of ketones is 1. The monoisotopic (exact) mass is 276 g/mol. The summed E-state index contributed by atoms with van der Waals surface area (Å²) in [4.78, 5) is 31.9. The molecule has 0 atom stereocenters. The van der Waals surface area contributed by atoms with Crippen LogP contribution in [0.5, 0.6) is 0 Å². The molecular formula is C13H12N2O3S. The topological polar surface area (TPSA) is 80.2 Å². The standard InChI is InChI=1S/C13H12N2O3S/c1-2-4-10-14-7-8(11(15-10)13(17)18)12(16)9-5-3-6-19-9/h3,5-7H,2,4H2,1H3,(H,17,18). The van der Waals surface area contributed by atoms with Crippen LogP contribution in [0.1, 0.15) is 44.9 Å². The van der Waals surface area contributed by atoms with Crippen LogP contribution in [-0.4, -0.2) is 26.8 Å². The van der Waals surface area contributed by atoms with Crippen molar-refractivity contribution in [3.63, 3.8) is 0 Å². The van der Waals surface area contributed by atoms with E-state index in [0.29, 0.717) is 17.1 Å². The molecule has 0 spiro atoms. The lowest BCUT2D eigenvalue weighted by Crippen LogP contribution is -2.14. The van der Waals surface area contributed by atoms with Gasteiger partial charge in [0.25, 0.3) is 0 Å². The molecule has 19 heavy (non-hydrogen) atoms. The maximum absolute atomic E-state index is 12.2. The van der Waals surface area contributed by atoms with Crippen molar-refractivity contribution in [2.75, 3.05) is 0 Å². The average Bonchev–Trinajstić information content (AvgIpc) is 2.92. The predicted molar refractivity (Wildman–Crippen MR) is 70.7 cm³/mol. The van der Waals surface area contributed by atoms with E-state index in [9.17, 15) is 9.59 Å². The Bertz CT molecular complexity index is 608. The molecule has 0 aliphatic rings. The number of carbonyl (C=O) groups excluding carboxylic acids is 1. The fourth-order valence-corrected chi connectivity index (χ4v) is 2.31. The van der Waals surface area contributed by atoms with E-state index in [1.54, 1.807) is 17.5 Å². The summed E-state index contributed by atoms with van der Waals surface area (Å²) >= 11 is 1.26. The molecule has 0 aromatic carbocycles. The van der Waals surface area contributed by atoms with Gasteiger partial charge in [0.15, 0.2) is 5.69 Å². The molecule has 2 rings (SSSR count). The number of aryl methyl sites for hydroxylation is 1. The second-order valence-corrected chi connectivity index (χ2v) is 4.86. The first-order valence-electron chi connectivity index (χ1n) is 5.81. The van der Waals surface area contributed by atoms with Crippen LogP contribution in [0.25, 0.3) is 0 Å². The van der Waals surface area contributed by atoms with Gasteiger partial charge in [0.1, 0.15) is 5.82 Å². The van der Waals surface area contributed by atoms with Crippen LogP contribution in [0, 0.1) is 0 Å². The van der Waals surface area contributed by atoms with E-state index in [1.165, 1.54) is 17.5 Å². The molecule has 0 radical (unpaired) electrons. The quantitative estimate of drug-likeness (QED) is 0.848. The minimum Gasteiger partial charge on any atom is -0.476 e. The van der Waals surface area contributed by atoms with Crippen molar-refractivity contribution in [2.45, 2.75) is 19.8 Å². The highest BCUT2D eigenvalue weighted by atomic mass is 32.1. The highest BCUT2D eigenvalue weighted by molar-refractivity contribution is 7.12. The van der Waals surface area contributed by atoms with Gasteiger partial charge in [0, 0.05) is 12.6 Å². The lowest BCUT2D eigenvalue weighted by Gasteiger charge is -2.05. The normalized spacial score (nSPS) is 10.4. The fraction of sp³-hybridized carbons (Fsp3) is 0.231. The number of aromatic carboxylic acids is 1. The van der Waals surface area contributed by atoms with E-state index >= 15 is 0 Å². The van der Waals surface area contributed by atoms with Crippen molar-refractivity contribution in [1.29, 1.82) is 0 Å². The number of hydrogen-bond acceptors (Lipinski definition) is 5. The number of rotatable bonds is 5. The van der Waals surface area contributed by atoms with Crippen LogP contribution in [0.3, 0.4) is 0 Å². The van der Waals surface area contributed by atoms with Crippen LogP contribution < -0.4 is 0 Å². The third-order valence-corrected chi connectivity index (χ3v) is 3.37. The summed E-state index contributed by atoms with van der Waals surface area (Å²) in [7, 11) is 0. The maximum atomic E-state index is 12.2. The third-order valence-electron chi connectivity index (χ3n) is 2.50. The molecule has 0 fully saturated rings.